The highest BCUT2D eigenvalue weighted by atomic mass is 35.5. The zero-order chi connectivity index (χ0) is 16.0. The van der Waals surface area contributed by atoms with Crippen LogP contribution in [0.1, 0.15) is 24.0 Å². The predicted octanol–water partition coefficient (Wildman–Crippen LogP) is 2.59. The van der Waals surface area contributed by atoms with Crippen molar-refractivity contribution in [3.05, 3.63) is 40.9 Å². The molecule has 0 aromatic carbocycles. The second kappa shape index (κ2) is 5.15. The molecule has 4 rings (SSSR count). The van der Waals surface area contributed by atoms with Gasteiger partial charge < -0.3 is 9.64 Å². The Kier molecular flexibility index (Phi) is 3.22. The van der Waals surface area contributed by atoms with E-state index in [0.717, 1.165) is 30.8 Å². The molecule has 1 fully saturated rings. The number of methoxy groups -OCH3 is 1. The fourth-order valence-corrected chi connectivity index (χ4v) is 3.94. The highest BCUT2D eigenvalue weighted by Gasteiger charge is 2.54. The van der Waals surface area contributed by atoms with Gasteiger partial charge in [0.15, 0.2) is 0 Å². The molecule has 0 radical (unpaired) electrons. The second-order valence-electron chi connectivity index (χ2n) is 6.01. The van der Waals surface area contributed by atoms with Gasteiger partial charge >= 0.3 is 0 Å². The Bertz CT molecular complexity index is 812. The Morgan fingerprint density at radius 3 is 2.96 bits per heavy atom. The van der Waals surface area contributed by atoms with Gasteiger partial charge in [-0.15, -0.1) is 0 Å². The lowest BCUT2D eigenvalue weighted by Crippen LogP contribution is -2.48. The van der Waals surface area contributed by atoms with Gasteiger partial charge in [-0.05, 0) is 25.0 Å². The zero-order valence-corrected chi connectivity index (χ0v) is 13.3. The first-order valence-corrected chi connectivity index (χ1v) is 7.72. The van der Waals surface area contributed by atoms with E-state index in [4.69, 9.17) is 21.6 Å². The Hall–Kier alpha value is -2.23. The summed E-state index contributed by atoms with van der Waals surface area (Å²) in [5.74, 6) is 1.49. The summed E-state index contributed by atoms with van der Waals surface area (Å²) in [5.41, 5.74) is 1.44. The molecule has 0 unspecified atom stereocenters. The summed E-state index contributed by atoms with van der Waals surface area (Å²) in [7, 11) is 1.73. The number of pyridine rings is 1. The lowest BCUT2D eigenvalue weighted by atomic mass is 9.64. The number of halogens is 1. The minimum atomic E-state index is -0.0985. The number of hydrogen-bond acceptors (Lipinski definition) is 6. The smallest absolute Gasteiger partial charge is 0.142 e. The van der Waals surface area contributed by atoms with Gasteiger partial charge in [0.25, 0.3) is 0 Å². The Labute approximate surface area is 138 Å². The fourth-order valence-electron chi connectivity index (χ4n) is 3.61. The third-order valence-corrected chi connectivity index (χ3v) is 5.04. The largest absolute Gasteiger partial charge is 0.381 e. The number of nitrogens with zero attached hydrogens (tertiary/aromatic N) is 5. The maximum atomic E-state index is 9.11. The van der Waals surface area contributed by atoms with E-state index in [9.17, 15) is 0 Å². The molecule has 1 saturated carbocycles. The summed E-state index contributed by atoms with van der Waals surface area (Å²) in [4.78, 5) is 15.0. The van der Waals surface area contributed by atoms with Gasteiger partial charge in [-0.25, -0.2) is 15.0 Å². The molecule has 1 aliphatic carbocycles. The van der Waals surface area contributed by atoms with Crippen molar-refractivity contribution in [1.82, 2.24) is 15.0 Å². The maximum absolute atomic E-state index is 9.11. The van der Waals surface area contributed by atoms with Crippen LogP contribution >= 0.6 is 11.6 Å². The zero-order valence-electron chi connectivity index (χ0n) is 12.5. The molecule has 2 aromatic rings. The molecule has 3 heterocycles. The first kappa shape index (κ1) is 14.4. The third-order valence-electron chi connectivity index (χ3n) is 4.75. The Balaban J connectivity index is 1.80. The lowest BCUT2D eigenvalue weighted by molar-refractivity contribution is -0.0119. The number of rotatable bonds is 2. The van der Waals surface area contributed by atoms with Crippen molar-refractivity contribution in [1.29, 1.82) is 5.26 Å². The number of anilines is 2. The maximum Gasteiger partial charge on any atom is 0.142 e. The SMILES string of the molecule is COC1CC2(C1)CN(c1cc(C#N)ccn1)c1ncnc(Cl)c12. The van der Waals surface area contributed by atoms with Crippen LogP contribution in [0.3, 0.4) is 0 Å². The number of fused-ring (bicyclic) bond motifs is 2. The molecular weight excluding hydrogens is 314 g/mol. The van der Waals surface area contributed by atoms with Crippen molar-refractivity contribution in [2.24, 2.45) is 0 Å². The molecule has 6 nitrogen and oxygen atoms in total. The van der Waals surface area contributed by atoms with Crippen LogP contribution < -0.4 is 4.90 Å². The van der Waals surface area contributed by atoms with Gasteiger partial charge in [0, 0.05) is 30.8 Å². The molecule has 116 valence electrons. The molecule has 1 aliphatic heterocycles. The van der Waals surface area contributed by atoms with E-state index in [0.29, 0.717) is 16.5 Å². The minimum absolute atomic E-state index is 0.0985. The van der Waals surface area contributed by atoms with Crippen LogP contribution in [0.15, 0.2) is 24.7 Å². The van der Waals surface area contributed by atoms with Crippen LogP contribution in [0, 0.1) is 11.3 Å². The van der Waals surface area contributed by atoms with Crippen molar-refractivity contribution in [3.63, 3.8) is 0 Å². The summed E-state index contributed by atoms with van der Waals surface area (Å²) in [5, 5.41) is 9.60. The first-order valence-electron chi connectivity index (χ1n) is 7.34. The molecule has 0 saturated heterocycles. The third kappa shape index (κ3) is 2.08. The number of hydrogen-bond donors (Lipinski definition) is 0. The van der Waals surface area contributed by atoms with Crippen LogP contribution in [-0.4, -0.2) is 34.7 Å². The summed E-state index contributed by atoms with van der Waals surface area (Å²) in [6.07, 6.45) is 5.11. The van der Waals surface area contributed by atoms with Crippen LogP contribution in [0.25, 0.3) is 0 Å². The van der Waals surface area contributed by atoms with Gasteiger partial charge in [0.1, 0.15) is 23.1 Å². The van der Waals surface area contributed by atoms with Crippen LogP contribution in [0.2, 0.25) is 5.15 Å². The Morgan fingerprint density at radius 2 is 2.22 bits per heavy atom. The molecule has 0 atom stereocenters. The average Bonchev–Trinajstić information content (AvgIpc) is 2.90. The molecule has 0 amide bonds. The van der Waals surface area contributed by atoms with Crippen LogP contribution in [-0.2, 0) is 10.2 Å². The first-order chi connectivity index (χ1) is 11.2. The highest BCUT2D eigenvalue weighted by molar-refractivity contribution is 6.30. The van der Waals surface area contributed by atoms with Gasteiger partial charge in [0.2, 0.25) is 0 Å². The lowest BCUT2D eigenvalue weighted by Gasteiger charge is -2.44. The summed E-state index contributed by atoms with van der Waals surface area (Å²) < 4.78 is 5.44. The number of aromatic nitrogens is 3. The highest BCUT2D eigenvalue weighted by Crippen LogP contribution is 2.55. The monoisotopic (exact) mass is 327 g/mol. The molecule has 7 heteroatoms. The van der Waals surface area contributed by atoms with E-state index in [2.05, 4.69) is 21.0 Å². The number of ether oxygens (including phenoxy) is 1. The van der Waals surface area contributed by atoms with Gasteiger partial charge in [-0.3, -0.25) is 0 Å². The van der Waals surface area contributed by atoms with Crippen molar-refractivity contribution in [3.8, 4) is 6.07 Å². The molecule has 23 heavy (non-hydrogen) atoms. The van der Waals surface area contributed by atoms with E-state index < -0.39 is 0 Å². The van der Waals surface area contributed by atoms with Crippen molar-refractivity contribution in [2.75, 3.05) is 18.6 Å². The molecular formula is C16H14ClN5O. The van der Waals surface area contributed by atoms with Gasteiger partial charge in [-0.1, -0.05) is 11.6 Å². The van der Waals surface area contributed by atoms with E-state index in [1.54, 1.807) is 25.4 Å². The molecule has 2 aliphatic rings. The van der Waals surface area contributed by atoms with Crippen molar-refractivity contribution >= 4 is 23.2 Å². The van der Waals surface area contributed by atoms with Gasteiger partial charge in [0.05, 0.1) is 17.7 Å². The summed E-state index contributed by atoms with van der Waals surface area (Å²) in [6.45, 7) is 0.725. The number of nitriles is 1. The van der Waals surface area contributed by atoms with Crippen LogP contribution in [0.4, 0.5) is 11.6 Å². The van der Waals surface area contributed by atoms with E-state index in [-0.39, 0.29) is 11.5 Å². The quantitative estimate of drug-likeness (QED) is 0.789. The molecule has 0 bridgehead atoms. The summed E-state index contributed by atoms with van der Waals surface area (Å²) in [6, 6.07) is 5.60. The molecule has 0 N–H and O–H groups in total. The van der Waals surface area contributed by atoms with Crippen molar-refractivity contribution < 1.29 is 4.74 Å². The molecule has 1 spiro atoms. The van der Waals surface area contributed by atoms with Crippen LogP contribution in [0.5, 0.6) is 0 Å². The van der Waals surface area contributed by atoms with E-state index in [1.165, 1.54) is 6.33 Å². The van der Waals surface area contributed by atoms with E-state index >= 15 is 0 Å². The summed E-state index contributed by atoms with van der Waals surface area (Å²) >= 11 is 6.38. The predicted molar refractivity (Wildman–Crippen MR) is 84.7 cm³/mol. The van der Waals surface area contributed by atoms with E-state index in [1.807, 2.05) is 4.90 Å². The normalized spacial score (nSPS) is 25.1. The standard InChI is InChI=1S/C16H14ClN5O/c1-23-11-5-16(6-11)8-22(12-4-10(7-18)2-3-19-12)15-13(16)14(17)20-9-21-15/h2-4,9,11H,5-6,8H2,1H3. The minimum Gasteiger partial charge on any atom is -0.381 e. The van der Waals surface area contributed by atoms with Crippen molar-refractivity contribution in [2.45, 2.75) is 24.4 Å². The topological polar surface area (TPSA) is 74.9 Å². The Morgan fingerprint density at radius 1 is 1.39 bits per heavy atom. The average molecular weight is 328 g/mol. The van der Waals surface area contributed by atoms with Gasteiger partial charge in [-0.2, -0.15) is 5.26 Å². The molecule has 2 aromatic heterocycles. The second-order valence-corrected chi connectivity index (χ2v) is 6.37. The fraction of sp³-hybridized carbons (Fsp3) is 0.375.